The lowest BCUT2D eigenvalue weighted by Crippen LogP contribution is -2.37. The summed E-state index contributed by atoms with van der Waals surface area (Å²) in [6.07, 6.45) is 49.6. The van der Waals surface area contributed by atoms with Gasteiger partial charge in [-0.3, -0.25) is 0 Å². The SMILES string of the molecule is CC/C=C\C/C=C\C/C=C\CCCCCCCCOCC(COCCCCCCCC/C=C\C/C=C\C/C=C\CC)OC(=O)NCCN(C)C. The van der Waals surface area contributed by atoms with Crippen LogP contribution in [0, 0.1) is 0 Å². The average molecular weight is 699 g/mol. The van der Waals surface area contributed by atoms with E-state index in [0.29, 0.717) is 33.0 Å². The Hall–Kier alpha value is -2.41. The maximum atomic E-state index is 12.3. The number of nitrogens with one attached hydrogen (secondary N) is 1. The predicted molar refractivity (Wildman–Crippen MR) is 217 cm³/mol. The normalized spacial score (nSPS) is 12.6. The van der Waals surface area contributed by atoms with E-state index >= 15 is 0 Å². The van der Waals surface area contributed by atoms with Gasteiger partial charge < -0.3 is 24.4 Å². The maximum absolute atomic E-state index is 12.3. The van der Waals surface area contributed by atoms with Crippen molar-refractivity contribution in [2.75, 3.05) is 53.6 Å². The van der Waals surface area contributed by atoms with Gasteiger partial charge in [0.2, 0.25) is 0 Å². The van der Waals surface area contributed by atoms with Gasteiger partial charge in [-0.2, -0.15) is 0 Å². The van der Waals surface area contributed by atoms with E-state index in [1.165, 1.54) is 77.0 Å². The first-order valence-electron chi connectivity index (χ1n) is 20.2. The number of rotatable bonds is 36. The van der Waals surface area contributed by atoms with Gasteiger partial charge in [0.25, 0.3) is 0 Å². The van der Waals surface area contributed by atoms with Gasteiger partial charge in [0, 0.05) is 26.3 Å². The molecule has 6 heteroatoms. The number of hydrogen-bond acceptors (Lipinski definition) is 5. The van der Waals surface area contributed by atoms with Crippen LogP contribution in [0.5, 0.6) is 0 Å². The monoisotopic (exact) mass is 699 g/mol. The van der Waals surface area contributed by atoms with Crippen molar-refractivity contribution in [1.82, 2.24) is 10.2 Å². The highest BCUT2D eigenvalue weighted by Crippen LogP contribution is 2.10. The summed E-state index contributed by atoms with van der Waals surface area (Å²) in [6, 6.07) is 0. The van der Waals surface area contributed by atoms with Gasteiger partial charge in [-0.25, -0.2) is 4.79 Å². The van der Waals surface area contributed by atoms with Crippen molar-refractivity contribution in [3.8, 4) is 0 Å². The molecule has 0 aromatic rings. The van der Waals surface area contributed by atoms with Crippen molar-refractivity contribution in [3.63, 3.8) is 0 Å². The molecule has 6 nitrogen and oxygen atoms in total. The molecule has 0 rings (SSSR count). The van der Waals surface area contributed by atoms with Crippen molar-refractivity contribution in [3.05, 3.63) is 72.9 Å². The maximum Gasteiger partial charge on any atom is 0.407 e. The number of hydrogen-bond donors (Lipinski definition) is 1. The van der Waals surface area contributed by atoms with Crippen molar-refractivity contribution in [2.24, 2.45) is 0 Å². The largest absolute Gasteiger partial charge is 0.441 e. The van der Waals surface area contributed by atoms with Gasteiger partial charge in [0.1, 0.15) is 0 Å². The van der Waals surface area contributed by atoms with Gasteiger partial charge in [0.15, 0.2) is 6.10 Å². The highest BCUT2D eigenvalue weighted by atomic mass is 16.6. The number of carbonyl (C=O) groups excluding carboxylic acids is 1. The van der Waals surface area contributed by atoms with Crippen LogP contribution >= 0.6 is 0 Å². The summed E-state index contributed by atoms with van der Waals surface area (Å²) >= 11 is 0. The van der Waals surface area contributed by atoms with Crippen LogP contribution in [0.25, 0.3) is 0 Å². The number of carbonyl (C=O) groups is 1. The zero-order valence-electron chi connectivity index (χ0n) is 33.0. The van der Waals surface area contributed by atoms with Gasteiger partial charge in [-0.05, 0) is 91.1 Å². The Morgan fingerprint density at radius 2 is 0.920 bits per heavy atom. The number of ether oxygens (including phenoxy) is 3. The second kappa shape index (κ2) is 41.0. The van der Waals surface area contributed by atoms with Crippen LogP contribution in [-0.2, 0) is 14.2 Å². The summed E-state index contributed by atoms with van der Waals surface area (Å²) in [6.45, 7) is 7.78. The first kappa shape index (κ1) is 47.6. The summed E-state index contributed by atoms with van der Waals surface area (Å²) in [7, 11) is 3.97. The van der Waals surface area contributed by atoms with Crippen molar-refractivity contribution in [1.29, 1.82) is 0 Å². The lowest BCUT2D eigenvalue weighted by Gasteiger charge is -2.19. The predicted octanol–water partition coefficient (Wildman–Crippen LogP) is 11.9. The lowest BCUT2D eigenvalue weighted by atomic mass is 10.1. The van der Waals surface area contributed by atoms with Crippen LogP contribution in [0.15, 0.2) is 72.9 Å². The smallest absolute Gasteiger partial charge is 0.407 e. The van der Waals surface area contributed by atoms with Crippen LogP contribution in [-0.4, -0.2) is 70.7 Å². The molecule has 0 radical (unpaired) electrons. The molecule has 0 saturated carbocycles. The summed E-state index contributed by atoms with van der Waals surface area (Å²) in [5.74, 6) is 0. The summed E-state index contributed by atoms with van der Waals surface area (Å²) < 4.78 is 17.5. The van der Waals surface area contributed by atoms with E-state index in [9.17, 15) is 4.79 Å². The van der Waals surface area contributed by atoms with Crippen LogP contribution in [0.1, 0.15) is 142 Å². The van der Waals surface area contributed by atoms with Gasteiger partial charge in [-0.1, -0.05) is 138 Å². The van der Waals surface area contributed by atoms with Crippen LogP contribution in [0.3, 0.4) is 0 Å². The Kier molecular flexibility index (Phi) is 39.0. The molecule has 0 aliphatic heterocycles. The zero-order chi connectivity index (χ0) is 36.4. The standard InChI is InChI=1S/C44H78N2O4/c1-5-7-9-11-13-15-17-19-21-23-25-27-29-31-33-35-39-48-41-43(50-44(47)45-37-38-46(3)4)42-49-40-36-34-32-30-28-26-24-22-20-18-16-14-12-10-8-6-2/h7-10,13-16,19-22,43H,5-6,11-12,17-18,23-42H2,1-4H3,(H,45,47)/b9-7-,10-8-,15-13-,16-14-,21-19-,22-20-. The third kappa shape index (κ3) is 40.0. The first-order chi connectivity index (χ1) is 24.6. The quantitative estimate of drug-likeness (QED) is 0.0521. The molecular weight excluding hydrogens is 620 g/mol. The molecule has 0 aliphatic rings. The van der Waals surface area contributed by atoms with E-state index in [-0.39, 0.29) is 0 Å². The molecule has 0 aliphatic carbocycles. The Bertz CT molecular complexity index is 832. The Morgan fingerprint density at radius 1 is 0.540 bits per heavy atom. The van der Waals surface area contributed by atoms with Gasteiger partial charge >= 0.3 is 6.09 Å². The van der Waals surface area contributed by atoms with Crippen molar-refractivity contribution in [2.45, 2.75) is 148 Å². The van der Waals surface area contributed by atoms with E-state index in [2.05, 4.69) is 92.1 Å². The summed E-state index contributed by atoms with van der Waals surface area (Å²) in [5.41, 5.74) is 0. The number of amides is 1. The van der Waals surface area contributed by atoms with Crippen molar-refractivity contribution >= 4 is 6.09 Å². The Balaban J connectivity index is 3.97. The Morgan fingerprint density at radius 3 is 1.34 bits per heavy atom. The molecule has 0 unspecified atom stereocenters. The molecular formula is C44H78N2O4. The van der Waals surface area contributed by atoms with Crippen LogP contribution in [0.4, 0.5) is 4.79 Å². The van der Waals surface area contributed by atoms with E-state index in [0.717, 1.165) is 57.9 Å². The minimum absolute atomic E-state index is 0.374. The molecule has 1 amide bonds. The van der Waals surface area contributed by atoms with Gasteiger partial charge in [-0.15, -0.1) is 0 Å². The topological polar surface area (TPSA) is 60.0 Å². The molecule has 0 aromatic carbocycles. The number of allylic oxidation sites excluding steroid dienone is 12. The highest BCUT2D eigenvalue weighted by molar-refractivity contribution is 5.67. The molecule has 0 aromatic heterocycles. The fourth-order valence-corrected chi connectivity index (χ4v) is 5.12. The minimum atomic E-state index is -0.402. The molecule has 1 N–H and O–H groups in total. The van der Waals surface area contributed by atoms with Crippen LogP contribution < -0.4 is 5.32 Å². The van der Waals surface area contributed by atoms with Gasteiger partial charge in [0.05, 0.1) is 13.2 Å². The highest BCUT2D eigenvalue weighted by Gasteiger charge is 2.15. The second-order valence-corrected chi connectivity index (χ2v) is 13.3. The molecule has 0 saturated heterocycles. The zero-order valence-corrected chi connectivity index (χ0v) is 33.0. The third-order valence-corrected chi connectivity index (χ3v) is 8.09. The summed E-state index contributed by atoms with van der Waals surface area (Å²) in [5, 5.41) is 2.83. The Labute approximate surface area is 309 Å². The van der Waals surface area contributed by atoms with E-state index < -0.39 is 12.2 Å². The lowest BCUT2D eigenvalue weighted by molar-refractivity contribution is -0.0292. The number of nitrogens with zero attached hydrogens (tertiary/aromatic N) is 1. The van der Waals surface area contributed by atoms with E-state index in [1.807, 2.05) is 19.0 Å². The molecule has 0 bridgehead atoms. The fraction of sp³-hybridized carbons (Fsp3) is 0.705. The number of alkyl carbamates (subject to hydrolysis) is 1. The molecule has 50 heavy (non-hydrogen) atoms. The molecule has 0 spiro atoms. The molecule has 0 fully saturated rings. The average Bonchev–Trinajstić information content (AvgIpc) is 3.10. The third-order valence-electron chi connectivity index (χ3n) is 8.09. The first-order valence-corrected chi connectivity index (χ1v) is 20.2. The van der Waals surface area contributed by atoms with Crippen LogP contribution in [0.2, 0.25) is 0 Å². The van der Waals surface area contributed by atoms with E-state index in [1.54, 1.807) is 0 Å². The second-order valence-electron chi connectivity index (χ2n) is 13.3. The van der Waals surface area contributed by atoms with Crippen molar-refractivity contribution < 1.29 is 19.0 Å². The number of unbranched alkanes of at least 4 members (excludes halogenated alkanes) is 12. The molecule has 0 heterocycles. The minimum Gasteiger partial charge on any atom is -0.441 e. The number of likely N-dealkylation sites (N-methyl/N-ethyl adjacent to an activating group) is 1. The van der Waals surface area contributed by atoms with E-state index in [4.69, 9.17) is 14.2 Å². The summed E-state index contributed by atoms with van der Waals surface area (Å²) in [4.78, 5) is 14.4. The molecule has 288 valence electrons. The fourth-order valence-electron chi connectivity index (χ4n) is 5.12. The molecule has 0 atom stereocenters.